The average molecular weight is 425 g/mol. The van der Waals surface area contributed by atoms with Crippen molar-refractivity contribution in [3.05, 3.63) is 75.7 Å². The number of halogens is 1. The molecule has 8 heteroatoms. The predicted molar refractivity (Wildman–Crippen MR) is 116 cm³/mol. The molecule has 2 heterocycles. The third-order valence-corrected chi connectivity index (χ3v) is 5.19. The smallest absolute Gasteiger partial charge is 0.294 e. The van der Waals surface area contributed by atoms with E-state index in [1.165, 1.54) is 10.9 Å². The van der Waals surface area contributed by atoms with Gasteiger partial charge in [0, 0.05) is 36.4 Å². The maximum atomic E-state index is 12.7. The monoisotopic (exact) mass is 424 g/mol. The highest BCUT2D eigenvalue weighted by Gasteiger charge is 2.19. The number of hydrogen-bond acceptors (Lipinski definition) is 5. The Morgan fingerprint density at radius 1 is 1.07 bits per heavy atom. The Bertz CT molecular complexity index is 1100. The highest BCUT2D eigenvalue weighted by Crippen LogP contribution is 2.29. The lowest BCUT2D eigenvalue weighted by Crippen LogP contribution is -2.27. The molecule has 1 saturated heterocycles. The van der Waals surface area contributed by atoms with E-state index < -0.39 is 0 Å². The summed E-state index contributed by atoms with van der Waals surface area (Å²) < 4.78 is 7.07. The topological polar surface area (TPSA) is 76.5 Å². The van der Waals surface area contributed by atoms with Gasteiger partial charge in [-0.1, -0.05) is 11.6 Å². The summed E-state index contributed by atoms with van der Waals surface area (Å²) in [6.07, 6.45) is 3.57. The first kappa shape index (κ1) is 20.0. The summed E-state index contributed by atoms with van der Waals surface area (Å²) in [5.41, 5.74) is 1.21. The third kappa shape index (κ3) is 4.31. The number of carbonyl (C=O) groups is 1. The van der Waals surface area contributed by atoms with Crippen LogP contribution in [-0.4, -0.2) is 33.7 Å². The van der Waals surface area contributed by atoms with Crippen LogP contribution in [0.25, 0.3) is 0 Å². The number of amides is 1. The lowest BCUT2D eigenvalue weighted by Gasteiger charge is -2.16. The fourth-order valence-electron chi connectivity index (χ4n) is 3.29. The first-order chi connectivity index (χ1) is 14.5. The number of anilines is 2. The number of aryl methyl sites for hydroxylation is 1. The normalized spacial score (nSPS) is 13.3. The predicted octanol–water partition coefficient (Wildman–Crippen LogP) is 4.21. The molecule has 2 aromatic carbocycles. The highest BCUT2D eigenvalue weighted by molar-refractivity contribution is 6.30. The summed E-state index contributed by atoms with van der Waals surface area (Å²) in [6, 6.07) is 13.9. The van der Waals surface area contributed by atoms with Crippen LogP contribution >= 0.6 is 11.6 Å². The summed E-state index contributed by atoms with van der Waals surface area (Å²) in [7, 11) is 1.57. The van der Waals surface area contributed by atoms with Gasteiger partial charge in [0.1, 0.15) is 5.75 Å². The number of aromatic nitrogens is 2. The number of rotatable bonds is 5. The molecule has 1 N–H and O–H groups in total. The van der Waals surface area contributed by atoms with Gasteiger partial charge in [0.15, 0.2) is 11.4 Å². The van der Waals surface area contributed by atoms with Crippen molar-refractivity contribution >= 4 is 28.9 Å². The summed E-state index contributed by atoms with van der Waals surface area (Å²) in [4.78, 5) is 27.0. The van der Waals surface area contributed by atoms with Gasteiger partial charge in [0.2, 0.25) is 0 Å². The van der Waals surface area contributed by atoms with Gasteiger partial charge in [-0.2, -0.15) is 5.10 Å². The van der Waals surface area contributed by atoms with Gasteiger partial charge in [-0.15, -0.1) is 0 Å². The van der Waals surface area contributed by atoms with Gasteiger partial charge in [-0.3, -0.25) is 9.59 Å². The highest BCUT2D eigenvalue weighted by atomic mass is 35.5. The van der Waals surface area contributed by atoms with E-state index in [1.807, 2.05) is 4.90 Å². The Labute approximate surface area is 178 Å². The number of carbonyl (C=O) groups excluding carboxylic acids is 1. The second kappa shape index (κ2) is 8.59. The molecule has 1 fully saturated rings. The Balaban J connectivity index is 1.57. The van der Waals surface area contributed by atoms with Crippen molar-refractivity contribution in [2.75, 3.05) is 18.4 Å². The van der Waals surface area contributed by atoms with Gasteiger partial charge in [0.05, 0.1) is 6.20 Å². The first-order valence-electron chi connectivity index (χ1n) is 9.67. The Morgan fingerprint density at radius 3 is 2.40 bits per heavy atom. The Kier molecular flexibility index (Phi) is 5.72. The minimum Gasteiger partial charge on any atom is -0.453 e. The SMILES string of the molecule is Cn1ncc(Oc2ccc(Cl)cc2)c(Nc2ccc(C(=O)N3CCCC3)cc2)c1=O. The fraction of sp³-hybridized carbons (Fsp3) is 0.227. The lowest BCUT2D eigenvalue weighted by molar-refractivity contribution is 0.0793. The molecule has 0 bridgehead atoms. The molecule has 0 spiro atoms. The molecule has 0 aliphatic carbocycles. The van der Waals surface area contributed by atoms with E-state index in [0.717, 1.165) is 25.9 Å². The largest absolute Gasteiger partial charge is 0.453 e. The molecule has 7 nitrogen and oxygen atoms in total. The summed E-state index contributed by atoms with van der Waals surface area (Å²) in [5.74, 6) is 0.854. The summed E-state index contributed by atoms with van der Waals surface area (Å²) in [6.45, 7) is 1.61. The van der Waals surface area contributed by atoms with Gasteiger partial charge >= 0.3 is 0 Å². The molecule has 1 aliphatic rings. The number of nitrogens with zero attached hydrogens (tertiary/aromatic N) is 3. The molecular weight excluding hydrogens is 404 g/mol. The van der Waals surface area contributed by atoms with Crippen LogP contribution in [0.5, 0.6) is 11.5 Å². The van der Waals surface area contributed by atoms with E-state index in [0.29, 0.717) is 22.0 Å². The molecule has 0 atom stereocenters. The van der Waals surface area contributed by atoms with E-state index in [1.54, 1.807) is 55.6 Å². The van der Waals surface area contributed by atoms with Crippen molar-refractivity contribution in [3.63, 3.8) is 0 Å². The zero-order chi connectivity index (χ0) is 21.1. The van der Waals surface area contributed by atoms with Crippen molar-refractivity contribution in [2.24, 2.45) is 7.05 Å². The van der Waals surface area contributed by atoms with Gasteiger partial charge in [-0.05, 0) is 61.4 Å². The molecule has 3 aromatic rings. The van der Waals surface area contributed by atoms with Crippen LogP contribution < -0.4 is 15.6 Å². The van der Waals surface area contributed by atoms with E-state index in [9.17, 15) is 9.59 Å². The molecule has 30 heavy (non-hydrogen) atoms. The Hall–Kier alpha value is -3.32. The number of benzene rings is 2. The number of ether oxygens (including phenoxy) is 1. The molecule has 0 saturated carbocycles. The molecule has 0 unspecified atom stereocenters. The first-order valence-corrected chi connectivity index (χ1v) is 10.0. The number of nitrogens with one attached hydrogen (secondary N) is 1. The van der Waals surface area contributed by atoms with Gasteiger partial charge < -0.3 is 15.0 Å². The van der Waals surface area contributed by atoms with Crippen molar-refractivity contribution in [3.8, 4) is 11.5 Å². The maximum absolute atomic E-state index is 12.7. The zero-order valence-corrected chi connectivity index (χ0v) is 17.2. The van der Waals surface area contributed by atoms with E-state index in [4.69, 9.17) is 16.3 Å². The zero-order valence-electron chi connectivity index (χ0n) is 16.5. The quantitative estimate of drug-likeness (QED) is 0.664. The third-order valence-electron chi connectivity index (χ3n) is 4.94. The molecule has 1 aromatic heterocycles. The van der Waals surface area contributed by atoms with Crippen LogP contribution in [0.15, 0.2) is 59.5 Å². The Morgan fingerprint density at radius 2 is 1.73 bits per heavy atom. The second-order valence-electron chi connectivity index (χ2n) is 7.07. The standard InChI is InChI=1S/C22H21ClN4O3/c1-26-22(29)20(19(14-24-26)30-18-10-6-16(23)7-11-18)25-17-8-4-15(5-9-17)21(28)27-12-2-3-13-27/h4-11,14,25H,2-3,12-13H2,1H3. The minimum absolute atomic E-state index is 0.0330. The maximum Gasteiger partial charge on any atom is 0.294 e. The molecular formula is C22H21ClN4O3. The van der Waals surface area contributed by atoms with E-state index >= 15 is 0 Å². The minimum atomic E-state index is -0.335. The van der Waals surface area contributed by atoms with Crippen molar-refractivity contribution < 1.29 is 9.53 Å². The van der Waals surface area contributed by atoms with Crippen molar-refractivity contribution in [1.82, 2.24) is 14.7 Å². The van der Waals surface area contributed by atoms with Crippen LogP contribution in [0.2, 0.25) is 5.02 Å². The molecule has 4 rings (SSSR count). The lowest BCUT2D eigenvalue weighted by atomic mass is 10.2. The van der Waals surface area contributed by atoms with Crippen molar-refractivity contribution in [2.45, 2.75) is 12.8 Å². The molecule has 1 aliphatic heterocycles. The second-order valence-corrected chi connectivity index (χ2v) is 7.51. The van der Waals surface area contributed by atoms with Gasteiger partial charge in [-0.25, -0.2) is 4.68 Å². The van der Waals surface area contributed by atoms with Crippen LogP contribution in [0.4, 0.5) is 11.4 Å². The van der Waals surface area contributed by atoms with Crippen LogP contribution in [0, 0.1) is 0 Å². The van der Waals surface area contributed by atoms with Crippen LogP contribution in [0.1, 0.15) is 23.2 Å². The fourth-order valence-corrected chi connectivity index (χ4v) is 3.41. The van der Waals surface area contributed by atoms with Crippen LogP contribution in [-0.2, 0) is 7.05 Å². The molecule has 0 radical (unpaired) electrons. The van der Waals surface area contributed by atoms with Gasteiger partial charge in [0.25, 0.3) is 11.5 Å². The number of likely N-dealkylation sites (tertiary alicyclic amines) is 1. The number of hydrogen-bond donors (Lipinski definition) is 1. The van der Waals surface area contributed by atoms with Crippen molar-refractivity contribution in [1.29, 1.82) is 0 Å². The average Bonchev–Trinajstić information content (AvgIpc) is 3.30. The van der Waals surface area contributed by atoms with Crippen LogP contribution in [0.3, 0.4) is 0 Å². The summed E-state index contributed by atoms with van der Waals surface area (Å²) >= 11 is 5.92. The van der Waals surface area contributed by atoms with E-state index in [2.05, 4.69) is 10.4 Å². The van der Waals surface area contributed by atoms with E-state index in [-0.39, 0.29) is 22.9 Å². The molecule has 1 amide bonds. The molecule has 154 valence electrons. The summed E-state index contributed by atoms with van der Waals surface area (Å²) in [5, 5.41) is 7.73.